The summed E-state index contributed by atoms with van der Waals surface area (Å²) in [5.41, 5.74) is 2.73. The Labute approximate surface area is 129 Å². The van der Waals surface area contributed by atoms with Crippen molar-refractivity contribution in [2.45, 2.75) is 44.7 Å². The van der Waals surface area contributed by atoms with E-state index in [1.54, 1.807) is 0 Å². The van der Waals surface area contributed by atoms with Crippen molar-refractivity contribution in [2.24, 2.45) is 0 Å². The molecule has 0 aliphatic carbocycles. The van der Waals surface area contributed by atoms with Gasteiger partial charge < -0.3 is 0 Å². The second-order valence-electron chi connectivity index (χ2n) is 5.69. The van der Waals surface area contributed by atoms with Gasteiger partial charge in [-0.05, 0) is 36.9 Å². The van der Waals surface area contributed by atoms with Crippen molar-refractivity contribution >= 4 is 0 Å². The molecule has 2 unspecified atom stereocenters. The quantitative estimate of drug-likeness (QED) is 0.640. The molecule has 0 saturated carbocycles. The van der Waals surface area contributed by atoms with E-state index in [1.165, 1.54) is 36.9 Å². The van der Waals surface area contributed by atoms with Crippen LogP contribution in [0.2, 0.25) is 0 Å². The molecule has 0 aromatic heterocycles. The van der Waals surface area contributed by atoms with Crippen LogP contribution in [0.4, 0.5) is 0 Å². The maximum absolute atomic E-state index is 4.00. The first-order chi connectivity index (χ1) is 10.3. The average molecular weight is 281 g/mol. The van der Waals surface area contributed by atoms with E-state index in [0.29, 0.717) is 12.1 Å². The van der Waals surface area contributed by atoms with Gasteiger partial charge in [0.2, 0.25) is 0 Å². The van der Waals surface area contributed by atoms with Crippen LogP contribution in [0.15, 0.2) is 67.3 Å². The van der Waals surface area contributed by atoms with Crippen LogP contribution in [0.3, 0.4) is 0 Å². The molecule has 1 heterocycles. The molecule has 1 aliphatic rings. The Morgan fingerprint density at radius 2 is 2.05 bits per heavy atom. The fourth-order valence-electron chi connectivity index (χ4n) is 3.47. The molecule has 21 heavy (non-hydrogen) atoms. The maximum Gasteiger partial charge on any atom is 0.0354 e. The summed E-state index contributed by atoms with van der Waals surface area (Å²) in [5.74, 6) is 0. The molecular formula is C20H27N. The molecule has 1 nitrogen and oxygen atoms in total. The van der Waals surface area contributed by atoms with Crippen LogP contribution >= 0.6 is 0 Å². The molecule has 0 N–H and O–H groups in total. The van der Waals surface area contributed by atoms with Crippen molar-refractivity contribution in [1.29, 1.82) is 0 Å². The highest BCUT2D eigenvalue weighted by atomic mass is 15.2. The van der Waals surface area contributed by atoms with Crippen LogP contribution < -0.4 is 0 Å². The first kappa shape index (κ1) is 15.8. The molecule has 1 saturated heterocycles. The van der Waals surface area contributed by atoms with Crippen LogP contribution in [0.25, 0.3) is 0 Å². The lowest BCUT2D eigenvalue weighted by Gasteiger charge is -2.42. The normalized spacial score (nSPS) is 21.8. The smallest absolute Gasteiger partial charge is 0.0354 e. The monoisotopic (exact) mass is 281 g/mol. The van der Waals surface area contributed by atoms with Crippen LogP contribution in [0.5, 0.6) is 0 Å². The van der Waals surface area contributed by atoms with Crippen molar-refractivity contribution in [1.82, 2.24) is 4.90 Å². The standard InChI is InChI=1S/C20H27N/c1-4-12-17(5-2)19(6-3)21-16-11-10-15-20(21)18-13-8-7-9-14-18/h4-5,7-9,12-14,19-20H,1-2,6,10-11,15-16H2,3H3/b17-12+. The van der Waals surface area contributed by atoms with Gasteiger partial charge in [-0.1, -0.05) is 75.1 Å². The minimum atomic E-state index is 0.436. The van der Waals surface area contributed by atoms with Crippen molar-refractivity contribution in [3.8, 4) is 0 Å². The number of rotatable bonds is 6. The zero-order chi connectivity index (χ0) is 15.1. The molecule has 2 atom stereocenters. The van der Waals surface area contributed by atoms with Gasteiger partial charge in [0.25, 0.3) is 0 Å². The van der Waals surface area contributed by atoms with Gasteiger partial charge in [-0.25, -0.2) is 0 Å². The highest BCUT2D eigenvalue weighted by Crippen LogP contribution is 2.35. The zero-order valence-electron chi connectivity index (χ0n) is 13.2. The van der Waals surface area contributed by atoms with Gasteiger partial charge in [0.05, 0.1) is 0 Å². The third kappa shape index (κ3) is 3.74. The number of benzene rings is 1. The molecular weight excluding hydrogens is 254 g/mol. The number of nitrogens with zero attached hydrogens (tertiary/aromatic N) is 1. The van der Waals surface area contributed by atoms with E-state index in [2.05, 4.69) is 61.4 Å². The van der Waals surface area contributed by atoms with Gasteiger partial charge in [0, 0.05) is 12.1 Å². The molecule has 1 fully saturated rings. The largest absolute Gasteiger partial charge is 0.289 e. The van der Waals surface area contributed by atoms with Crippen molar-refractivity contribution in [2.75, 3.05) is 6.54 Å². The average Bonchev–Trinajstić information content (AvgIpc) is 2.56. The third-order valence-corrected chi connectivity index (χ3v) is 4.45. The third-order valence-electron chi connectivity index (χ3n) is 4.45. The second-order valence-corrected chi connectivity index (χ2v) is 5.69. The van der Waals surface area contributed by atoms with E-state index in [9.17, 15) is 0 Å². The highest BCUT2D eigenvalue weighted by molar-refractivity contribution is 5.28. The van der Waals surface area contributed by atoms with Crippen LogP contribution in [0.1, 0.15) is 44.2 Å². The first-order valence-corrected chi connectivity index (χ1v) is 8.07. The van der Waals surface area contributed by atoms with Gasteiger partial charge in [-0.15, -0.1) is 0 Å². The summed E-state index contributed by atoms with van der Waals surface area (Å²) in [6.45, 7) is 11.3. The number of allylic oxidation sites excluding steroid dienone is 2. The molecule has 1 aliphatic heterocycles. The SMILES string of the molecule is C=C/C=C(\C=C)C(CC)N1CCCCC1c1ccccc1. The summed E-state index contributed by atoms with van der Waals surface area (Å²) in [4.78, 5) is 2.66. The molecule has 0 spiro atoms. The Morgan fingerprint density at radius 3 is 2.67 bits per heavy atom. The predicted octanol–water partition coefficient (Wildman–Crippen LogP) is 5.29. The van der Waals surface area contributed by atoms with E-state index in [0.717, 1.165) is 6.42 Å². The summed E-state index contributed by atoms with van der Waals surface area (Å²) in [6, 6.07) is 11.9. The van der Waals surface area contributed by atoms with Crippen molar-refractivity contribution < 1.29 is 0 Å². The molecule has 0 bridgehead atoms. The van der Waals surface area contributed by atoms with E-state index in [1.807, 2.05) is 12.2 Å². The summed E-state index contributed by atoms with van der Waals surface area (Å²) in [6.07, 6.45) is 10.9. The molecule has 2 rings (SSSR count). The van der Waals surface area contributed by atoms with Crippen molar-refractivity contribution in [3.63, 3.8) is 0 Å². The number of hydrogen-bond donors (Lipinski definition) is 0. The summed E-state index contributed by atoms with van der Waals surface area (Å²) >= 11 is 0. The molecule has 1 aromatic rings. The maximum atomic E-state index is 4.00. The summed E-state index contributed by atoms with van der Waals surface area (Å²) in [5, 5.41) is 0. The lowest BCUT2D eigenvalue weighted by atomic mass is 9.90. The second kappa shape index (κ2) is 7.99. The van der Waals surface area contributed by atoms with Gasteiger partial charge in [0.1, 0.15) is 0 Å². The Morgan fingerprint density at radius 1 is 1.29 bits per heavy atom. The van der Waals surface area contributed by atoms with Crippen LogP contribution in [-0.4, -0.2) is 17.5 Å². The van der Waals surface area contributed by atoms with Gasteiger partial charge in [-0.3, -0.25) is 4.90 Å². The van der Waals surface area contributed by atoms with E-state index < -0.39 is 0 Å². The molecule has 1 heteroatoms. The van der Waals surface area contributed by atoms with E-state index >= 15 is 0 Å². The summed E-state index contributed by atoms with van der Waals surface area (Å²) in [7, 11) is 0. The molecule has 112 valence electrons. The topological polar surface area (TPSA) is 3.24 Å². The minimum Gasteiger partial charge on any atom is -0.289 e. The van der Waals surface area contributed by atoms with Crippen molar-refractivity contribution in [3.05, 3.63) is 72.9 Å². The van der Waals surface area contributed by atoms with Gasteiger partial charge in [-0.2, -0.15) is 0 Å². The number of piperidine rings is 1. The number of hydrogen-bond acceptors (Lipinski definition) is 1. The first-order valence-electron chi connectivity index (χ1n) is 8.07. The zero-order valence-corrected chi connectivity index (χ0v) is 13.2. The van der Waals surface area contributed by atoms with E-state index in [4.69, 9.17) is 0 Å². The lowest BCUT2D eigenvalue weighted by molar-refractivity contribution is 0.110. The number of likely N-dealkylation sites (tertiary alicyclic amines) is 1. The summed E-state index contributed by atoms with van der Waals surface area (Å²) < 4.78 is 0. The Kier molecular flexibility index (Phi) is 6.01. The molecule has 1 aromatic carbocycles. The fourth-order valence-corrected chi connectivity index (χ4v) is 3.47. The van der Waals surface area contributed by atoms with E-state index in [-0.39, 0.29) is 0 Å². The minimum absolute atomic E-state index is 0.436. The Bertz CT molecular complexity index is 486. The predicted molar refractivity (Wildman–Crippen MR) is 92.3 cm³/mol. The molecule has 0 amide bonds. The van der Waals surface area contributed by atoms with Gasteiger partial charge in [0.15, 0.2) is 0 Å². The van der Waals surface area contributed by atoms with Crippen LogP contribution in [0, 0.1) is 0 Å². The fraction of sp³-hybridized carbons (Fsp3) is 0.400. The van der Waals surface area contributed by atoms with Crippen LogP contribution in [-0.2, 0) is 0 Å². The lowest BCUT2D eigenvalue weighted by Crippen LogP contribution is -2.42. The Balaban J connectivity index is 2.30. The molecule has 0 radical (unpaired) electrons. The van der Waals surface area contributed by atoms with Gasteiger partial charge >= 0.3 is 0 Å². The highest BCUT2D eigenvalue weighted by Gasteiger charge is 2.29. The Hall–Kier alpha value is -1.60.